The molecule has 1 amide bonds. The third-order valence-corrected chi connectivity index (χ3v) is 2.12. The summed E-state index contributed by atoms with van der Waals surface area (Å²) in [6.07, 6.45) is 1.52. The van der Waals surface area contributed by atoms with Crippen molar-refractivity contribution >= 4 is 11.9 Å². The second-order valence-corrected chi connectivity index (χ2v) is 4.11. The fraction of sp³-hybridized carbons (Fsp3) is 0.818. The highest BCUT2D eigenvalue weighted by molar-refractivity contribution is 5.83. The summed E-state index contributed by atoms with van der Waals surface area (Å²) in [5.41, 5.74) is 0. The zero-order valence-electron chi connectivity index (χ0n) is 10.2. The molecule has 0 heterocycles. The van der Waals surface area contributed by atoms with Gasteiger partial charge in [0.25, 0.3) is 0 Å². The molecule has 0 saturated carbocycles. The fourth-order valence-electron chi connectivity index (χ4n) is 1.29. The van der Waals surface area contributed by atoms with Crippen molar-refractivity contribution in [2.45, 2.75) is 52.1 Å². The van der Waals surface area contributed by atoms with Gasteiger partial charge < -0.3 is 15.7 Å². The smallest absolute Gasteiger partial charge is 0.326 e. The maximum Gasteiger partial charge on any atom is 0.326 e. The lowest BCUT2D eigenvalue weighted by Crippen LogP contribution is -2.41. The first-order chi connectivity index (χ1) is 7.47. The standard InChI is InChI=1S/C11H22N2O3/c1-4-5-9(11(15)16)13-10(14)6-7-12-8(2)3/h8-9,12H,4-7H2,1-3H3,(H,13,14)(H,15,16)/t9-/m0/s1. The van der Waals surface area contributed by atoms with Crippen molar-refractivity contribution in [3.63, 3.8) is 0 Å². The van der Waals surface area contributed by atoms with Gasteiger partial charge >= 0.3 is 5.97 Å². The van der Waals surface area contributed by atoms with Gasteiger partial charge in [-0.3, -0.25) is 4.79 Å². The van der Waals surface area contributed by atoms with Crippen LogP contribution in [0.15, 0.2) is 0 Å². The van der Waals surface area contributed by atoms with Crippen LogP contribution in [-0.2, 0) is 9.59 Å². The summed E-state index contributed by atoms with van der Waals surface area (Å²) in [7, 11) is 0. The van der Waals surface area contributed by atoms with E-state index in [0.29, 0.717) is 25.4 Å². The number of amides is 1. The van der Waals surface area contributed by atoms with E-state index in [1.54, 1.807) is 0 Å². The summed E-state index contributed by atoms with van der Waals surface area (Å²) < 4.78 is 0. The van der Waals surface area contributed by atoms with Crippen LogP contribution in [0, 0.1) is 0 Å². The lowest BCUT2D eigenvalue weighted by molar-refractivity contribution is -0.142. The highest BCUT2D eigenvalue weighted by atomic mass is 16.4. The van der Waals surface area contributed by atoms with Crippen LogP contribution >= 0.6 is 0 Å². The molecular formula is C11H22N2O3. The van der Waals surface area contributed by atoms with Crippen LogP contribution in [0.1, 0.15) is 40.0 Å². The molecule has 0 spiro atoms. The van der Waals surface area contributed by atoms with Crippen LogP contribution in [0.5, 0.6) is 0 Å². The number of hydrogen-bond donors (Lipinski definition) is 3. The Balaban J connectivity index is 3.86. The molecule has 0 fully saturated rings. The van der Waals surface area contributed by atoms with E-state index < -0.39 is 12.0 Å². The number of carboxylic acids is 1. The Hall–Kier alpha value is -1.10. The molecule has 5 nitrogen and oxygen atoms in total. The molecule has 3 N–H and O–H groups in total. The molecule has 0 bridgehead atoms. The molecule has 0 aromatic carbocycles. The number of rotatable bonds is 8. The monoisotopic (exact) mass is 230 g/mol. The summed E-state index contributed by atoms with van der Waals surface area (Å²) in [4.78, 5) is 22.2. The molecule has 0 saturated heterocycles. The Morgan fingerprint density at radius 2 is 1.94 bits per heavy atom. The van der Waals surface area contributed by atoms with Crippen LogP contribution in [0.3, 0.4) is 0 Å². The largest absolute Gasteiger partial charge is 0.480 e. The van der Waals surface area contributed by atoms with Crippen molar-refractivity contribution in [1.29, 1.82) is 0 Å². The second kappa shape index (κ2) is 8.10. The number of carboxylic acid groups (broad SMARTS) is 1. The number of nitrogens with one attached hydrogen (secondary N) is 2. The SMILES string of the molecule is CCC[C@H](NC(=O)CCNC(C)C)C(=O)O. The predicted octanol–water partition coefficient (Wildman–Crippen LogP) is 0.744. The molecule has 94 valence electrons. The second-order valence-electron chi connectivity index (χ2n) is 4.11. The third kappa shape index (κ3) is 7.23. The first-order valence-corrected chi connectivity index (χ1v) is 5.73. The van der Waals surface area contributed by atoms with E-state index in [2.05, 4.69) is 10.6 Å². The lowest BCUT2D eigenvalue weighted by atomic mass is 10.1. The highest BCUT2D eigenvalue weighted by Gasteiger charge is 2.18. The maximum atomic E-state index is 11.4. The molecule has 0 aliphatic heterocycles. The average Bonchev–Trinajstić information content (AvgIpc) is 2.16. The minimum absolute atomic E-state index is 0.214. The van der Waals surface area contributed by atoms with Gasteiger partial charge in [0.2, 0.25) is 5.91 Å². The molecule has 0 aliphatic carbocycles. The van der Waals surface area contributed by atoms with E-state index in [9.17, 15) is 9.59 Å². The fourth-order valence-corrected chi connectivity index (χ4v) is 1.29. The van der Waals surface area contributed by atoms with E-state index in [4.69, 9.17) is 5.11 Å². The van der Waals surface area contributed by atoms with Gasteiger partial charge in [-0.2, -0.15) is 0 Å². The van der Waals surface area contributed by atoms with Crippen molar-refractivity contribution < 1.29 is 14.7 Å². The van der Waals surface area contributed by atoms with Gasteiger partial charge in [0.05, 0.1) is 0 Å². The van der Waals surface area contributed by atoms with Crippen molar-refractivity contribution in [2.24, 2.45) is 0 Å². The predicted molar refractivity (Wildman–Crippen MR) is 62.2 cm³/mol. The summed E-state index contributed by atoms with van der Waals surface area (Å²) >= 11 is 0. The highest BCUT2D eigenvalue weighted by Crippen LogP contribution is 1.97. The van der Waals surface area contributed by atoms with Crippen LogP contribution in [0.4, 0.5) is 0 Å². The normalized spacial score (nSPS) is 12.5. The maximum absolute atomic E-state index is 11.4. The van der Waals surface area contributed by atoms with Crippen LogP contribution in [0.25, 0.3) is 0 Å². The Bertz CT molecular complexity index is 229. The summed E-state index contributed by atoms with van der Waals surface area (Å²) in [6.45, 7) is 6.45. The molecule has 0 rings (SSSR count). The first-order valence-electron chi connectivity index (χ1n) is 5.73. The van der Waals surface area contributed by atoms with Gasteiger partial charge in [-0.1, -0.05) is 27.2 Å². The molecule has 1 atom stereocenters. The van der Waals surface area contributed by atoms with Crippen LogP contribution in [-0.4, -0.2) is 35.6 Å². The Morgan fingerprint density at radius 3 is 2.38 bits per heavy atom. The summed E-state index contributed by atoms with van der Waals surface area (Å²) in [5.74, 6) is -1.18. The molecular weight excluding hydrogens is 208 g/mol. The number of aliphatic carboxylic acids is 1. The van der Waals surface area contributed by atoms with Gasteiger partial charge in [-0.05, 0) is 6.42 Å². The molecule has 0 aliphatic rings. The molecule has 0 radical (unpaired) electrons. The number of carbonyl (C=O) groups excluding carboxylic acids is 1. The van der Waals surface area contributed by atoms with Gasteiger partial charge in [-0.15, -0.1) is 0 Å². The topological polar surface area (TPSA) is 78.4 Å². The zero-order valence-corrected chi connectivity index (χ0v) is 10.2. The molecule has 0 aromatic rings. The molecule has 5 heteroatoms. The van der Waals surface area contributed by atoms with Crippen molar-refractivity contribution in [3.8, 4) is 0 Å². The average molecular weight is 230 g/mol. The first kappa shape index (κ1) is 14.9. The van der Waals surface area contributed by atoms with E-state index in [1.807, 2.05) is 20.8 Å². The minimum atomic E-state index is -0.966. The van der Waals surface area contributed by atoms with Gasteiger partial charge in [0, 0.05) is 19.0 Å². The Morgan fingerprint density at radius 1 is 1.31 bits per heavy atom. The Kier molecular flexibility index (Phi) is 7.54. The number of hydrogen-bond acceptors (Lipinski definition) is 3. The van der Waals surface area contributed by atoms with E-state index in [-0.39, 0.29) is 5.91 Å². The van der Waals surface area contributed by atoms with Gasteiger partial charge in [-0.25, -0.2) is 4.79 Å². The van der Waals surface area contributed by atoms with E-state index in [0.717, 1.165) is 6.42 Å². The molecule has 0 aromatic heterocycles. The van der Waals surface area contributed by atoms with Crippen LogP contribution in [0.2, 0.25) is 0 Å². The number of carbonyl (C=O) groups is 2. The van der Waals surface area contributed by atoms with Crippen molar-refractivity contribution in [3.05, 3.63) is 0 Å². The van der Waals surface area contributed by atoms with Gasteiger partial charge in [0.15, 0.2) is 0 Å². The summed E-state index contributed by atoms with van der Waals surface area (Å²) in [5, 5.41) is 14.5. The quantitative estimate of drug-likeness (QED) is 0.575. The van der Waals surface area contributed by atoms with Crippen molar-refractivity contribution in [2.75, 3.05) is 6.54 Å². The summed E-state index contributed by atoms with van der Waals surface area (Å²) in [6, 6.07) is -0.421. The molecule has 16 heavy (non-hydrogen) atoms. The lowest BCUT2D eigenvalue weighted by Gasteiger charge is -2.14. The Labute approximate surface area is 96.6 Å². The van der Waals surface area contributed by atoms with Crippen LogP contribution < -0.4 is 10.6 Å². The molecule has 0 unspecified atom stereocenters. The van der Waals surface area contributed by atoms with Gasteiger partial charge in [0.1, 0.15) is 6.04 Å². The zero-order chi connectivity index (χ0) is 12.6. The van der Waals surface area contributed by atoms with E-state index in [1.165, 1.54) is 0 Å². The van der Waals surface area contributed by atoms with E-state index >= 15 is 0 Å². The minimum Gasteiger partial charge on any atom is -0.480 e. The third-order valence-electron chi connectivity index (χ3n) is 2.12. The van der Waals surface area contributed by atoms with Crippen molar-refractivity contribution in [1.82, 2.24) is 10.6 Å².